The first-order valence-corrected chi connectivity index (χ1v) is 7.52. The molecule has 24 heavy (non-hydrogen) atoms. The van der Waals surface area contributed by atoms with Crippen molar-refractivity contribution in [1.82, 2.24) is 5.32 Å². The number of nitrogens with zero attached hydrogens (tertiary/aromatic N) is 1. The molecule has 0 aliphatic heterocycles. The first kappa shape index (κ1) is 17.3. The van der Waals surface area contributed by atoms with E-state index in [9.17, 15) is 9.59 Å². The van der Waals surface area contributed by atoms with Crippen molar-refractivity contribution in [2.24, 2.45) is 0 Å². The molecule has 2 aromatic carbocycles. The molecule has 0 saturated carbocycles. The van der Waals surface area contributed by atoms with E-state index in [0.29, 0.717) is 17.1 Å². The smallest absolute Gasteiger partial charge is 0.331 e. The van der Waals surface area contributed by atoms with Gasteiger partial charge in [0.25, 0.3) is 0 Å². The lowest BCUT2D eigenvalue weighted by Gasteiger charge is -2.20. The molecule has 2 aromatic rings. The molecule has 3 N–H and O–H groups in total. The zero-order chi connectivity index (χ0) is 17.7. The van der Waals surface area contributed by atoms with Crippen molar-refractivity contribution in [3.63, 3.8) is 0 Å². The Bertz CT molecular complexity index is 759. The van der Waals surface area contributed by atoms with Crippen LogP contribution >= 0.6 is 0 Å². The summed E-state index contributed by atoms with van der Waals surface area (Å²) in [6.45, 7) is 5.26. The van der Waals surface area contributed by atoms with Crippen molar-refractivity contribution < 1.29 is 14.3 Å². The summed E-state index contributed by atoms with van der Waals surface area (Å²) in [4.78, 5) is 25.1. The van der Waals surface area contributed by atoms with Crippen LogP contribution in [0.2, 0.25) is 0 Å². The number of carbonyl (C=O) groups is 2. The first-order valence-electron chi connectivity index (χ1n) is 7.52. The lowest BCUT2D eigenvalue weighted by molar-refractivity contribution is -0.115. The van der Waals surface area contributed by atoms with Crippen LogP contribution in [0.4, 0.5) is 16.2 Å². The van der Waals surface area contributed by atoms with Gasteiger partial charge < -0.3 is 15.8 Å². The molecule has 6 nitrogen and oxygen atoms in total. The Balaban J connectivity index is 2.01. The minimum Gasteiger partial charge on any atom is -0.473 e. The van der Waals surface area contributed by atoms with Gasteiger partial charge in [-0.05, 0) is 55.3 Å². The molecule has 0 atom stereocenters. The maximum atomic E-state index is 12.3. The van der Waals surface area contributed by atoms with Gasteiger partial charge in [0.15, 0.2) is 6.73 Å². The number of amides is 3. The normalized spacial score (nSPS) is 10.1. The fraction of sp³-hybridized carbons (Fsp3) is 0.222. The number of aryl methyl sites for hydroxylation is 2. The molecule has 0 spiro atoms. The minimum atomic E-state index is -0.572. The largest absolute Gasteiger partial charge is 0.473 e. The van der Waals surface area contributed by atoms with E-state index >= 15 is 0 Å². The highest BCUT2D eigenvalue weighted by Gasteiger charge is 2.20. The first-order chi connectivity index (χ1) is 11.4. The monoisotopic (exact) mass is 327 g/mol. The quantitative estimate of drug-likeness (QED) is 0.668. The number of ether oxygens (including phenoxy) is 1. The van der Waals surface area contributed by atoms with Crippen LogP contribution in [0.3, 0.4) is 0 Å². The third kappa shape index (κ3) is 4.25. The second kappa shape index (κ2) is 7.50. The molecular weight excluding hydrogens is 306 g/mol. The lowest BCUT2D eigenvalue weighted by Crippen LogP contribution is -2.44. The van der Waals surface area contributed by atoms with Gasteiger partial charge in [0, 0.05) is 12.6 Å². The number of benzene rings is 2. The van der Waals surface area contributed by atoms with Crippen LogP contribution in [0.25, 0.3) is 0 Å². The number of nitrogens with one attached hydrogen (secondary N) is 1. The molecule has 0 heterocycles. The van der Waals surface area contributed by atoms with Gasteiger partial charge in [0.2, 0.25) is 5.91 Å². The molecule has 0 unspecified atom stereocenters. The van der Waals surface area contributed by atoms with Gasteiger partial charge in [-0.1, -0.05) is 12.1 Å². The minimum absolute atomic E-state index is 0.0482. The van der Waals surface area contributed by atoms with Crippen molar-refractivity contribution >= 4 is 23.3 Å². The Morgan fingerprint density at radius 3 is 2.50 bits per heavy atom. The van der Waals surface area contributed by atoms with E-state index in [4.69, 9.17) is 10.5 Å². The summed E-state index contributed by atoms with van der Waals surface area (Å²) >= 11 is 0. The molecule has 2 rings (SSSR count). The summed E-state index contributed by atoms with van der Waals surface area (Å²) in [5.41, 5.74) is 8.85. The highest BCUT2D eigenvalue weighted by atomic mass is 16.5. The number of nitrogens with two attached hydrogens (primary N) is 1. The van der Waals surface area contributed by atoms with Gasteiger partial charge in [-0.25, -0.2) is 9.69 Å². The SMILES string of the molecule is CC(=O)N(C(=O)NCOc1ccc(C)c(C)c1)c1cccc(N)c1. The average Bonchev–Trinajstić information content (AvgIpc) is 2.51. The summed E-state index contributed by atoms with van der Waals surface area (Å²) in [6.07, 6.45) is 0. The van der Waals surface area contributed by atoms with Crippen LogP contribution in [-0.2, 0) is 4.79 Å². The van der Waals surface area contributed by atoms with Crippen molar-refractivity contribution in [2.45, 2.75) is 20.8 Å². The Morgan fingerprint density at radius 2 is 1.88 bits per heavy atom. The van der Waals surface area contributed by atoms with Crippen LogP contribution in [0.1, 0.15) is 18.1 Å². The fourth-order valence-electron chi connectivity index (χ4n) is 2.17. The number of hydrogen-bond acceptors (Lipinski definition) is 4. The number of nitrogen functional groups attached to an aromatic ring is 1. The van der Waals surface area contributed by atoms with E-state index in [-0.39, 0.29) is 6.73 Å². The third-order valence-corrected chi connectivity index (χ3v) is 3.59. The summed E-state index contributed by atoms with van der Waals surface area (Å²) in [6, 6.07) is 11.7. The Kier molecular flexibility index (Phi) is 5.42. The Morgan fingerprint density at radius 1 is 1.12 bits per heavy atom. The topological polar surface area (TPSA) is 84.7 Å². The van der Waals surface area contributed by atoms with Crippen molar-refractivity contribution in [3.8, 4) is 5.75 Å². The van der Waals surface area contributed by atoms with Gasteiger partial charge in [0.1, 0.15) is 5.75 Å². The molecule has 0 aliphatic rings. The van der Waals surface area contributed by atoms with Gasteiger partial charge >= 0.3 is 6.03 Å². The molecule has 0 aliphatic carbocycles. The molecular formula is C18H21N3O3. The van der Waals surface area contributed by atoms with Crippen LogP contribution in [0.15, 0.2) is 42.5 Å². The number of urea groups is 1. The highest BCUT2D eigenvalue weighted by molar-refractivity contribution is 6.13. The second-order valence-corrected chi connectivity index (χ2v) is 5.47. The number of hydrogen-bond donors (Lipinski definition) is 2. The predicted molar refractivity (Wildman–Crippen MR) is 94.0 cm³/mol. The lowest BCUT2D eigenvalue weighted by atomic mass is 10.1. The van der Waals surface area contributed by atoms with E-state index in [2.05, 4.69) is 5.32 Å². The van der Waals surface area contributed by atoms with E-state index in [1.165, 1.54) is 6.92 Å². The average molecular weight is 327 g/mol. The van der Waals surface area contributed by atoms with Gasteiger partial charge in [0.05, 0.1) is 5.69 Å². The van der Waals surface area contributed by atoms with E-state index < -0.39 is 11.9 Å². The number of carbonyl (C=O) groups excluding carboxylic acids is 2. The molecule has 0 radical (unpaired) electrons. The van der Waals surface area contributed by atoms with Gasteiger partial charge in [-0.3, -0.25) is 4.79 Å². The Hall–Kier alpha value is -3.02. The summed E-state index contributed by atoms with van der Waals surface area (Å²) < 4.78 is 5.51. The molecule has 0 fully saturated rings. The maximum absolute atomic E-state index is 12.3. The van der Waals surface area contributed by atoms with Crippen molar-refractivity contribution in [3.05, 3.63) is 53.6 Å². The van der Waals surface area contributed by atoms with E-state index in [1.54, 1.807) is 24.3 Å². The standard InChI is InChI=1S/C18H21N3O3/c1-12-7-8-17(9-13(12)2)24-11-20-18(23)21(14(3)22)16-6-4-5-15(19)10-16/h4-10H,11,19H2,1-3H3,(H,20,23). The summed E-state index contributed by atoms with van der Waals surface area (Å²) in [5, 5.41) is 2.57. The number of anilines is 2. The maximum Gasteiger partial charge on any atom is 0.331 e. The zero-order valence-corrected chi connectivity index (χ0v) is 14.0. The molecule has 3 amide bonds. The van der Waals surface area contributed by atoms with Crippen molar-refractivity contribution in [2.75, 3.05) is 17.4 Å². The van der Waals surface area contributed by atoms with Crippen LogP contribution in [0.5, 0.6) is 5.75 Å². The molecule has 0 bridgehead atoms. The van der Waals surface area contributed by atoms with Crippen LogP contribution < -0.4 is 20.7 Å². The fourth-order valence-corrected chi connectivity index (χ4v) is 2.17. The summed E-state index contributed by atoms with van der Waals surface area (Å²) in [5.74, 6) is 0.237. The highest BCUT2D eigenvalue weighted by Crippen LogP contribution is 2.18. The number of imide groups is 1. The van der Waals surface area contributed by atoms with E-state index in [1.807, 2.05) is 32.0 Å². The predicted octanol–water partition coefficient (Wildman–Crippen LogP) is 2.98. The second-order valence-electron chi connectivity index (χ2n) is 5.47. The molecule has 0 saturated heterocycles. The van der Waals surface area contributed by atoms with Gasteiger partial charge in [-0.15, -0.1) is 0 Å². The van der Waals surface area contributed by atoms with Crippen LogP contribution in [0, 0.1) is 13.8 Å². The van der Waals surface area contributed by atoms with Crippen LogP contribution in [-0.4, -0.2) is 18.7 Å². The third-order valence-electron chi connectivity index (χ3n) is 3.59. The molecule has 126 valence electrons. The Labute approximate surface area is 141 Å². The summed E-state index contributed by atoms with van der Waals surface area (Å²) in [7, 11) is 0. The van der Waals surface area contributed by atoms with Gasteiger partial charge in [-0.2, -0.15) is 0 Å². The zero-order valence-electron chi connectivity index (χ0n) is 14.0. The number of rotatable bonds is 4. The molecule has 6 heteroatoms. The molecule has 0 aromatic heterocycles. The van der Waals surface area contributed by atoms with Crippen molar-refractivity contribution in [1.29, 1.82) is 0 Å². The van der Waals surface area contributed by atoms with E-state index in [0.717, 1.165) is 16.0 Å².